The maximum Gasteiger partial charge on any atom is 0.260 e. The maximum atomic E-state index is 11.8. The molecule has 0 aliphatic heterocycles. The Kier molecular flexibility index (Phi) is 2.93. The fourth-order valence-corrected chi connectivity index (χ4v) is 2.17. The molecule has 0 N–H and O–H groups in total. The molecule has 0 saturated carbocycles. The van der Waals surface area contributed by atoms with Crippen molar-refractivity contribution in [2.24, 2.45) is 7.05 Å². The second-order valence-corrected chi connectivity index (χ2v) is 4.75. The summed E-state index contributed by atoms with van der Waals surface area (Å²) in [5, 5.41) is 3.92. The summed E-state index contributed by atoms with van der Waals surface area (Å²) in [5.41, 5.74) is 0. The van der Waals surface area contributed by atoms with Gasteiger partial charge in [-0.1, -0.05) is 5.92 Å². The van der Waals surface area contributed by atoms with Crippen molar-refractivity contribution in [2.45, 2.75) is 5.03 Å². The Morgan fingerprint density at radius 3 is 2.79 bits per heavy atom. The minimum Gasteiger partial charge on any atom is -0.256 e. The Balaban J connectivity index is 3.10. The fraction of sp³-hybridized carbons (Fsp3) is 0.375. The molecule has 1 aromatic heterocycles. The topological polar surface area (TPSA) is 55.2 Å². The Morgan fingerprint density at radius 2 is 2.36 bits per heavy atom. The van der Waals surface area contributed by atoms with Crippen molar-refractivity contribution in [3.8, 4) is 12.3 Å². The van der Waals surface area contributed by atoms with Gasteiger partial charge in [-0.2, -0.15) is 9.40 Å². The molecular formula is C8H11N3O2S. The van der Waals surface area contributed by atoms with E-state index in [1.807, 2.05) is 0 Å². The zero-order valence-electron chi connectivity index (χ0n) is 8.01. The van der Waals surface area contributed by atoms with Crippen molar-refractivity contribution in [2.75, 3.05) is 13.6 Å². The van der Waals surface area contributed by atoms with E-state index in [1.54, 1.807) is 7.05 Å². The van der Waals surface area contributed by atoms with Crippen molar-refractivity contribution in [1.82, 2.24) is 14.1 Å². The molecule has 6 heteroatoms. The van der Waals surface area contributed by atoms with Gasteiger partial charge in [0.15, 0.2) is 5.03 Å². The SMILES string of the molecule is C#CCN(C)S(=O)(=O)c1ccnn1C. The molecule has 0 atom stereocenters. The van der Waals surface area contributed by atoms with Gasteiger partial charge in [0.2, 0.25) is 0 Å². The summed E-state index contributed by atoms with van der Waals surface area (Å²) in [6.07, 6.45) is 6.47. The number of hydrogen-bond donors (Lipinski definition) is 0. The average Bonchev–Trinajstić information content (AvgIpc) is 2.52. The lowest BCUT2D eigenvalue weighted by Crippen LogP contribution is -2.28. The van der Waals surface area contributed by atoms with Gasteiger partial charge in [-0.3, -0.25) is 4.68 Å². The van der Waals surface area contributed by atoms with Crippen molar-refractivity contribution >= 4 is 10.0 Å². The Bertz CT molecular complexity index is 455. The quantitative estimate of drug-likeness (QED) is 0.646. The first-order valence-electron chi connectivity index (χ1n) is 3.88. The van der Waals surface area contributed by atoms with E-state index < -0.39 is 10.0 Å². The molecule has 0 aliphatic rings. The summed E-state index contributed by atoms with van der Waals surface area (Å²) >= 11 is 0. The molecule has 0 amide bonds. The summed E-state index contributed by atoms with van der Waals surface area (Å²) < 4.78 is 25.9. The smallest absolute Gasteiger partial charge is 0.256 e. The first-order chi connectivity index (χ1) is 6.50. The van der Waals surface area contributed by atoms with E-state index in [4.69, 9.17) is 6.42 Å². The predicted molar refractivity (Wildman–Crippen MR) is 51.9 cm³/mol. The summed E-state index contributed by atoms with van der Waals surface area (Å²) in [4.78, 5) is 0. The fourth-order valence-electron chi connectivity index (χ4n) is 0.988. The number of sulfonamides is 1. The molecule has 0 aliphatic carbocycles. The summed E-state index contributed by atoms with van der Waals surface area (Å²) in [7, 11) is -0.498. The molecular weight excluding hydrogens is 202 g/mol. The highest BCUT2D eigenvalue weighted by Gasteiger charge is 2.22. The number of rotatable bonds is 3. The molecule has 14 heavy (non-hydrogen) atoms. The van der Waals surface area contributed by atoms with E-state index in [1.165, 1.54) is 24.0 Å². The van der Waals surface area contributed by atoms with Crippen molar-refractivity contribution in [3.63, 3.8) is 0 Å². The number of aromatic nitrogens is 2. The molecule has 0 aromatic carbocycles. The van der Waals surface area contributed by atoms with Crippen LogP contribution in [0.25, 0.3) is 0 Å². The highest BCUT2D eigenvalue weighted by Crippen LogP contribution is 2.11. The summed E-state index contributed by atoms with van der Waals surface area (Å²) in [6.45, 7) is 0.0491. The third-order valence-electron chi connectivity index (χ3n) is 1.76. The standard InChI is InChI=1S/C8H11N3O2S/c1-4-7-10(2)14(12,13)8-5-6-9-11(8)3/h1,5-6H,7H2,2-3H3. The monoisotopic (exact) mass is 213 g/mol. The molecule has 0 bridgehead atoms. The molecule has 1 rings (SSSR count). The molecule has 0 radical (unpaired) electrons. The lowest BCUT2D eigenvalue weighted by molar-refractivity contribution is 0.490. The number of hydrogen-bond acceptors (Lipinski definition) is 3. The number of nitrogens with zero attached hydrogens (tertiary/aromatic N) is 3. The molecule has 1 aromatic rings. The zero-order valence-corrected chi connectivity index (χ0v) is 8.82. The van der Waals surface area contributed by atoms with Crippen LogP contribution >= 0.6 is 0 Å². The Morgan fingerprint density at radius 1 is 1.71 bits per heavy atom. The number of aryl methyl sites for hydroxylation is 1. The van der Waals surface area contributed by atoms with Crippen molar-refractivity contribution < 1.29 is 8.42 Å². The highest BCUT2D eigenvalue weighted by molar-refractivity contribution is 7.89. The maximum absolute atomic E-state index is 11.8. The molecule has 0 saturated heterocycles. The van der Waals surface area contributed by atoms with E-state index in [0.29, 0.717) is 0 Å². The second kappa shape index (κ2) is 3.82. The van der Waals surface area contributed by atoms with Crippen LogP contribution in [0.3, 0.4) is 0 Å². The minimum atomic E-state index is -3.50. The van der Waals surface area contributed by atoms with Gasteiger partial charge in [0.05, 0.1) is 12.7 Å². The molecule has 5 nitrogen and oxygen atoms in total. The van der Waals surface area contributed by atoms with E-state index >= 15 is 0 Å². The van der Waals surface area contributed by atoms with Gasteiger partial charge in [0.1, 0.15) is 0 Å². The van der Waals surface area contributed by atoms with Crippen LogP contribution < -0.4 is 0 Å². The van der Waals surface area contributed by atoms with Crippen LogP contribution in [0.2, 0.25) is 0 Å². The van der Waals surface area contributed by atoms with Crippen LogP contribution in [0.1, 0.15) is 0 Å². The molecule has 0 unspecified atom stereocenters. The highest BCUT2D eigenvalue weighted by atomic mass is 32.2. The normalized spacial score (nSPS) is 11.6. The van der Waals surface area contributed by atoms with E-state index in [9.17, 15) is 8.42 Å². The van der Waals surface area contributed by atoms with Gasteiger partial charge in [-0.15, -0.1) is 6.42 Å². The van der Waals surface area contributed by atoms with Crippen molar-refractivity contribution in [3.05, 3.63) is 12.3 Å². The van der Waals surface area contributed by atoms with E-state index in [2.05, 4.69) is 11.0 Å². The number of terminal acetylenes is 1. The van der Waals surface area contributed by atoms with Gasteiger partial charge in [-0.25, -0.2) is 8.42 Å². The molecule has 0 fully saturated rings. The van der Waals surface area contributed by atoms with Crippen molar-refractivity contribution in [1.29, 1.82) is 0 Å². The molecule has 0 spiro atoms. The zero-order chi connectivity index (χ0) is 10.8. The van der Waals surface area contributed by atoms with Crippen LogP contribution in [-0.2, 0) is 17.1 Å². The Hall–Kier alpha value is -1.32. The third kappa shape index (κ3) is 1.78. The van der Waals surface area contributed by atoms with E-state index in [0.717, 1.165) is 4.31 Å². The van der Waals surface area contributed by atoms with E-state index in [-0.39, 0.29) is 11.6 Å². The van der Waals surface area contributed by atoms with Gasteiger partial charge < -0.3 is 0 Å². The predicted octanol–water partition coefficient (Wildman–Crippen LogP) is -0.326. The Labute approximate surface area is 83.4 Å². The van der Waals surface area contributed by atoms with Gasteiger partial charge in [0, 0.05) is 14.1 Å². The van der Waals surface area contributed by atoms with Gasteiger partial charge in [0.25, 0.3) is 10.0 Å². The van der Waals surface area contributed by atoms with Crippen LogP contribution in [-0.4, -0.2) is 36.1 Å². The largest absolute Gasteiger partial charge is 0.260 e. The third-order valence-corrected chi connectivity index (χ3v) is 3.64. The second-order valence-electron chi connectivity index (χ2n) is 2.76. The summed E-state index contributed by atoms with van der Waals surface area (Å²) in [6, 6.07) is 1.43. The minimum absolute atomic E-state index is 0.0491. The molecule has 1 heterocycles. The molecule has 76 valence electrons. The van der Waals surface area contributed by atoms with Gasteiger partial charge in [-0.05, 0) is 6.07 Å². The summed E-state index contributed by atoms with van der Waals surface area (Å²) in [5.74, 6) is 2.27. The first-order valence-corrected chi connectivity index (χ1v) is 5.32. The lowest BCUT2D eigenvalue weighted by Gasteiger charge is -2.13. The lowest BCUT2D eigenvalue weighted by atomic mass is 10.7. The van der Waals surface area contributed by atoms with Crippen LogP contribution in [0.5, 0.6) is 0 Å². The van der Waals surface area contributed by atoms with Crippen LogP contribution in [0.4, 0.5) is 0 Å². The first kappa shape index (κ1) is 10.8. The van der Waals surface area contributed by atoms with Crippen LogP contribution in [0, 0.1) is 12.3 Å². The van der Waals surface area contributed by atoms with Crippen LogP contribution in [0.15, 0.2) is 17.3 Å². The van der Waals surface area contributed by atoms with Gasteiger partial charge >= 0.3 is 0 Å². The average molecular weight is 213 g/mol.